The Bertz CT molecular complexity index is 624. The average Bonchev–Trinajstić information content (AvgIpc) is 2.78. The van der Waals surface area contributed by atoms with Crippen LogP contribution in [-0.4, -0.2) is 35.3 Å². The molecule has 1 heterocycles. The molecule has 1 N–H and O–H groups in total. The highest BCUT2D eigenvalue weighted by molar-refractivity contribution is 7.86. The topological polar surface area (TPSA) is 97.8 Å². The summed E-state index contributed by atoms with van der Waals surface area (Å²) in [4.78, 5) is 0. The van der Waals surface area contributed by atoms with Crippen molar-refractivity contribution in [3.8, 4) is 0 Å². The van der Waals surface area contributed by atoms with Gasteiger partial charge in [0.25, 0.3) is 10.1 Å². The van der Waals surface area contributed by atoms with Crippen LogP contribution in [0.15, 0.2) is 24.3 Å². The summed E-state index contributed by atoms with van der Waals surface area (Å²) in [5.41, 5.74) is 1.64. The van der Waals surface area contributed by atoms with Gasteiger partial charge in [-0.2, -0.15) is 13.6 Å². The summed E-state index contributed by atoms with van der Waals surface area (Å²) < 4.78 is 27.6. The van der Waals surface area contributed by atoms with Gasteiger partial charge < -0.3 is 0 Å². The van der Waals surface area contributed by atoms with Crippen LogP contribution in [0, 0.1) is 6.92 Å². The Morgan fingerprint density at radius 3 is 2.72 bits per heavy atom. The van der Waals surface area contributed by atoms with Crippen molar-refractivity contribution in [1.82, 2.24) is 20.6 Å². The molecule has 2 rings (SSSR count). The van der Waals surface area contributed by atoms with Gasteiger partial charge in [-0.05, 0) is 12.5 Å². The monoisotopic (exact) mass is 268 g/mol. The molecule has 2 aromatic rings. The summed E-state index contributed by atoms with van der Waals surface area (Å²) in [6.07, 6.45) is 0.0919. The summed E-state index contributed by atoms with van der Waals surface area (Å²) >= 11 is 0. The second-order valence-corrected chi connectivity index (χ2v) is 5.47. The number of hydrogen-bond acceptors (Lipinski definition) is 6. The molecule has 0 saturated heterocycles. The fraction of sp³-hybridized carbons (Fsp3) is 0.300. The van der Waals surface area contributed by atoms with E-state index >= 15 is 0 Å². The van der Waals surface area contributed by atoms with Crippen LogP contribution in [0.25, 0.3) is 0 Å². The number of nitrogens with one attached hydrogen (secondary N) is 1. The van der Waals surface area contributed by atoms with Gasteiger partial charge >= 0.3 is 0 Å². The van der Waals surface area contributed by atoms with Gasteiger partial charge in [-0.1, -0.05) is 35.0 Å². The number of aromatic nitrogens is 4. The molecule has 0 saturated carbocycles. The minimum absolute atomic E-state index is 0.172. The summed E-state index contributed by atoms with van der Waals surface area (Å²) in [7, 11) is -3.63. The second kappa shape index (κ2) is 4.83. The van der Waals surface area contributed by atoms with Crippen molar-refractivity contribution in [3.63, 3.8) is 0 Å². The first-order valence-corrected chi connectivity index (χ1v) is 6.95. The average molecular weight is 268 g/mol. The number of hydrogen-bond donors (Lipinski definition) is 1. The molecule has 96 valence electrons. The maximum atomic E-state index is 11.3. The normalized spacial score (nSPS) is 13.4. The number of nitrogens with zero attached hydrogens (tertiary/aromatic N) is 3. The van der Waals surface area contributed by atoms with Crippen LogP contribution in [0.5, 0.6) is 0 Å². The first-order chi connectivity index (χ1) is 8.46. The van der Waals surface area contributed by atoms with E-state index in [-0.39, 0.29) is 5.82 Å². The first kappa shape index (κ1) is 12.7. The fourth-order valence-electron chi connectivity index (χ4n) is 1.54. The smallest absolute Gasteiger partial charge is 0.254 e. The molecule has 0 bridgehead atoms. The molecule has 18 heavy (non-hydrogen) atoms. The molecule has 0 spiro atoms. The van der Waals surface area contributed by atoms with Gasteiger partial charge in [0.05, 0.1) is 6.26 Å². The molecule has 0 radical (unpaired) electrons. The maximum Gasteiger partial charge on any atom is 0.265 e. The zero-order valence-corrected chi connectivity index (χ0v) is 10.7. The third-order valence-corrected chi connectivity index (χ3v) is 2.75. The lowest BCUT2D eigenvalue weighted by atomic mass is 10.1. The van der Waals surface area contributed by atoms with Crippen molar-refractivity contribution in [2.75, 3.05) is 6.26 Å². The van der Waals surface area contributed by atoms with Crippen LogP contribution in [-0.2, 0) is 14.3 Å². The zero-order valence-electron chi connectivity index (χ0n) is 9.86. The van der Waals surface area contributed by atoms with Crippen LogP contribution in [0.2, 0.25) is 0 Å². The Labute approximate surface area is 104 Å². The lowest BCUT2D eigenvalue weighted by Crippen LogP contribution is -2.13. The van der Waals surface area contributed by atoms with Gasteiger partial charge in [-0.3, -0.25) is 4.18 Å². The van der Waals surface area contributed by atoms with E-state index in [9.17, 15) is 8.42 Å². The number of tetrazole rings is 1. The molecule has 0 aliphatic carbocycles. The number of benzene rings is 1. The fourth-order valence-corrected chi connectivity index (χ4v) is 2.08. The molecule has 0 fully saturated rings. The van der Waals surface area contributed by atoms with E-state index in [1.54, 1.807) is 6.07 Å². The molecule has 1 unspecified atom stereocenters. The molecule has 8 heteroatoms. The van der Waals surface area contributed by atoms with Gasteiger partial charge in [0.1, 0.15) is 0 Å². The van der Waals surface area contributed by atoms with E-state index in [1.165, 1.54) is 0 Å². The lowest BCUT2D eigenvalue weighted by molar-refractivity contribution is 0.246. The van der Waals surface area contributed by atoms with Gasteiger partial charge in [0.15, 0.2) is 6.10 Å². The highest BCUT2D eigenvalue weighted by Crippen LogP contribution is 2.24. The van der Waals surface area contributed by atoms with Crippen molar-refractivity contribution in [3.05, 3.63) is 41.2 Å². The largest absolute Gasteiger partial charge is 0.265 e. The van der Waals surface area contributed by atoms with Gasteiger partial charge in [0, 0.05) is 0 Å². The van der Waals surface area contributed by atoms with Crippen LogP contribution in [0.4, 0.5) is 0 Å². The molecule has 1 aromatic heterocycles. The van der Waals surface area contributed by atoms with Crippen LogP contribution in [0.3, 0.4) is 0 Å². The third kappa shape index (κ3) is 3.11. The summed E-state index contributed by atoms with van der Waals surface area (Å²) in [5.74, 6) is 0.172. The van der Waals surface area contributed by atoms with Crippen LogP contribution >= 0.6 is 0 Å². The van der Waals surface area contributed by atoms with E-state index in [2.05, 4.69) is 20.6 Å². The van der Waals surface area contributed by atoms with E-state index in [0.29, 0.717) is 5.56 Å². The predicted molar refractivity (Wildman–Crippen MR) is 63.1 cm³/mol. The van der Waals surface area contributed by atoms with Crippen molar-refractivity contribution in [2.24, 2.45) is 0 Å². The molecule has 0 aliphatic heterocycles. The number of rotatable bonds is 4. The van der Waals surface area contributed by atoms with E-state index in [4.69, 9.17) is 4.18 Å². The predicted octanol–water partition coefficient (Wildman–Crippen LogP) is 0.574. The highest BCUT2D eigenvalue weighted by atomic mass is 32.2. The number of aromatic amines is 1. The molecular weight excluding hydrogens is 256 g/mol. The van der Waals surface area contributed by atoms with Gasteiger partial charge in [-0.15, -0.1) is 10.2 Å². The summed E-state index contributed by atoms with van der Waals surface area (Å²) in [6.45, 7) is 1.90. The summed E-state index contributed by atoms with van der Waals surface area (Å²) in [6, 6.07) is 7.27. The number of aryl methyl sites for hydroxylation is 1. The minimum Gasteiger partial charge on any atom is -0.254 e. The van der Waals surface area contributed by atoms with Gasteiger partial charge in [-0.25, -0.2) is 0 Å². The first-order valence-electron chi connectivity index (χ1n) is 5.14. The molecule has 1 atom stereocenters. The SMILES string of the molecule is Cc1cccc(C(OS(C)(=O)=O)c2nn[nH]n2)c1. The van der Waals surface area contributed by atoms with Gasteiger partial charge in [0.2, 0.25) is 5.82 Å². The molecule has 0 amide bonds. The van der Waals surface area contributed by atoms with Crippen molar-refractivity contribution < 1.29 is 12.6 Å². The van der Waals surface area contributed by atoms with E-state index < -0.39 is 16.2 Å². The lowest BCUT2D eigenvalue weighted by Gasteiger charge is -2.13. The van der Waals surface area contributed by atoms with E-state index in [0.717, 1.165) is 11.8 Å². The zero-order chi connectivity index (χ0) is 13.2. The quantitative estimate of drug-likeness (QED) is 0.814. The maximum absolute atomic E-state index is 11.3. The summed E-state index contributed by atoms with van der Waals surface area (Å²) in [5, 5.41) is 13.2. The van der Waals surface area contributed by atoms with Crippen molar-refractivity contribution in [2.45, 2.75) is 13.0 Å². The minimum atomic E-state index is -3.63. The Kier molecular flexibility index (Phi) is 3.39. The Morgan fingerprint density at radius 2 is 2.17 bits per heavy atom. The molecule has 0 aliphatic rings. The third-order valence-electron chi connectivity index (χ3n) is 2.21. The molecule has 1 aromatic carbocycles. The molecule has 7 nitrogen and oxygen atoms in total. The van der Waals surface area contributed by atoms with Crippen molar-refractivity contribution >= 4 is 10.1 Å². The Balaban J connectivity index is 2.43. The standard InChI is InChI=1S/C10H12N4O3S/c1-7-4-3-5-8(6-7)9(17-18(2,15)16)10-11-13-14-12-10/h3-6,9H,1-2H3,(H,11,12,13,14). The molecular formula is C10H12N4O3S. The Morgan fingerprint density at radius 1 is 1.39 bits per heavy atom. The van der Waals surface area contributed by atoms with E-state index in [1.807, 2.05) is 25.1 Å². The van der Waals surface area contributed by atoms with Crippen LogP contribution in [0.1, 0.15) is 23.1 Å². The second-order valence-electron chi connectivity index (χ2n) is 3.86. The Hall–Kier alpha value is -1.80. The highest BCUT2D eigenvalue weighted by Gasteiger charge is 2.24. The van der Waals surface area contributed by atoms with Crippen LogP contribution < -0.4 is 0 Å². The number of H-pyrrole nitrogens is 1. The van der Waals surface area contributed by atoms with Crippen molar-refractivity contribution in [1.29, 1.82) is 0 Å².